The molecule has 0 spiro atoms. The fourth-order valence-corrected chi connectivity index (χ4v) is 3.02. The Balaban J connectivity index is 2.82. The summed E-state index contributed by atoms with van der Waals surface area (Å²) in [6.45, 7) is 0. The quantitative estimate of drug-likeness (QED) is 0.796. The van der Waals surface area contributed by atoms with Crippen molar-refractivity contribution in [2.24, 2.45) is 0 Å². The van der Waals surface area contributed by atoms with Gasteiger partial charge in [-0.1, -0.05) is 0 Å². The number of fused-ring (bicyclic) bond motifs is 1. The van der Waals surface area contributed by atoms with Gasteiger partial charge in [0.15, 0.2) is 0 Å². The summed E-state index contributed by atoms with van der Waals surface area (Å²) in [7, 11) is 1.66. The molecule has 0 amide bonds. The number of aromatic hydroxyl groups is 1. The highest BCUT2D eigenvalue weighted by Gasteiger charge is 2.12. The number of thiophene rings is 1. The molecule has 0 bridgehead atoms. The Kier molecular flexibility index (Phi) is 2.56. The summed E-state index contributed by atoms with van der Waals surface area (Å²) in [4.78, 5) is 0.972. The molecule has 1 heterocycles. The van der Waals surface area contributed by atoms with E-state index < -0.39 is 0 Å². The van der Waals surface area contributed by atoms with Crippen molar-refractivity contribution < 1.29 is 9.84 Å². The van der Waals surface area contributed by atoms with Gasteiger partial charge in [-0.2, -0.15) is 0 Å². The van der Waals surface area contributed by atoms with Gasteiger partial charge in [0.1, 0.15) is 11.5 Å². The van der Waals surface area contributed by atoms with Crippen LogP contribution in [0.4, 0.5) is 0 Å². The lowest BCUT2D eigenvalue weighted by Crippen LogP contribution is -1.86. The van der Waals surface area contributed by atoms with Crippen LogP contribution in [0.2, 0.25) is 0 Å². The normalized spacial score (nSPS) is 10.7. The van der Waals surface area contributed by atoms with Crippen LogP contribution in [-0.2, 0) is 0 Å². The molecule has 0 fully saturated rings. The maximum absolute atomic E-state index is 9.73. The van der Waals surface area contributed by atoms with Crippen LogP contribution in [0.3, 0.4) is 0 Å². The molecular weight excluding hydrogens is 216 g/mol. The van der Waals surface area contributed by atoms with Crippen LogP contribution in [0.15, 0.2) is 22.4 Å². The van der Waals surface area contributed by atoms with E-state index in [2.05, 4.69) is 0 Å². The van der Waals surface area contributed by atoms with E-state index in [0.29, 0.717) is 5.75 Å². The molecule has 2 nitrogen and oxygen atoms in total. The van der Waals surface area contributed by atoms with E-state index in [1.54, 1.807) is 36.3 Å². The molecule has 2 rings (SSSR count). The van der Waals surface area contributed by atoms with Crippen molar-refractivity contribution in [3.05, 3.63) is 17.5 Å². The second-order valence-electron chi connectivity index (χ2n) is 2.79. The summed E-state index contributed by atoms with van der Waals surface area (Å²) in [5.74, 6) is 1.19. The lowest BCUT2D eigenvalue weighted by atomic mass is 10.2. The smallest absolute Gasteiger partial charge is 0.150 e. The third-order valence-corrected chi connectivity index (χ3v) is 3.72. The SMILES string of the molecule is COc1c(SC)cc(O)c2ccsc12. The van der Waals surface area contributed by atoms with E-state index in [4.69, 9.17) is 4.74 Å². The minimum absolute atomic E-state index is 0.325. The highest BCUT2D eigenvalue weighted by Crippen LogP contribution is 2.42. The van der Waals surface area contributed by atoms with E-state index in [9.17, 15) is 5.11 Å². The van der Waals surface area contributed by atoms with E-state index in [1.165, 1.54) is 0 Å². The number of phenolic OH excluding ortho intramolecular Hbond substituents is 1. The van der Waals surface area contributed by atoms with E-state index in [1.807, 2.05) is 17.7 Å². The summed E-state index contributed by atoms with van der Waals surface area (Å²) in [6, 6.07) is 3.65. The molecule has 14 heavy (non-hydrogen) atoms. The summed E-state index contributed by atoms with van der Waals surface area (Å²) < 4.78 is 6.35. The Morgan fingerprint density at radius 3 is 2.93 bits per heavy atom. The zero-order valence-electron chi connectivity index (χ0n) is 7.90. The van der Waals surface area contributed by atoms with Crippen molar-refractivity contribution in [3.8, 4) is 11.5 Å². The Morgan fingerprint density at radius 2 is 2.29 bits per heavy atom. The van der Waals surface area contributed by atoms with Gasteiger partial charge in [-0.15, -0.1) is 23.1 Å². The zero-order chi connectivity index (χ0) is 10.1. The average molecular weight is 226 g/mol. The fourth-order valence-electron chi connectivity index (χ4n) is 1.41. The van der Waals surface area contributed by atoms with Gasteiger partial charge in [-0.25, -0.2) is 0 Å². The molecule has 0 aliphatic carbocycles. The Morgan fingerprint density at radius 1 is 1.50 bits per heavy atom. The van der Waals surface area contributed by atoms with Crippen LogP contribution in [-0.4, -0.2) is 18.5 Å². The number of phenols is 1. The second-order valence-corrected chi connectivity index (χ2v) is 4.56. The molecule has 1 N–H and O–H groups in total. The Labute approximate surface area is 90.5 Å². The first-order valence-corrected chi connectivity index (χ1v) is 6.19. The van der Waals surface area contributed by atoms with Gasteiger partial charge in [0.2, 0.25) is 0 Å². The van der Waals surface area contributed by atoms with Gasteiger partial charge in [0.05, 0.1) is 16.7 Å². The largest absolute Gasteiger partial charge is 0.507 e. The number of hydrogen-bond donors (Lipinski definition) is 1. The average Bonchev–Trinajstić information content (AvgIpc) is 2.66. The van der Waals surface area contributed by atoms with E-state index >= 15 is 0 Å². The van der Waals surface area contributed by atoms with Crippen molar-refractivity contribution in [2.75, 3.05) is 13.4 Å². The first-order chi connectivity index (χ1) is 6.77. The monoisotopic (exact) mass is 226 g/mol. The number of hydrogen-bond acceptors (Lipinski definition) is 4. The van der Waals surface area contributed by atoms with Crippen LogP contribution in [0.5, 0.6) is 11.5 Å². The van der Waals surface area contributed by atoms with Crippen molar-refractivity contribution in [2.45, 2.75) is 4.90 Å². The van der Waals surface area contributed by atoms with Gasteiger partial charge in [-0.05, 0) is 23.8 Å². The number of thioether (sulfide) groups is 1. The lowest BCUT2D eigenvalue weighted by Gasteiger charge is -2.08. The summed E-state index contributed by atoms with van der Waals surface area (Å²) in [5.41, 5.74) is 0. The lowest BCUT2D eigenvalue weighted by molar-refractivity contribution is 0.408. The Hall–Kier alpha value is -0.870. The second kappa shape index (κ2) is 3.71. The van der Waals surface area contributed by atoms with Crippen LogP contribution >= 0.6 is 23.1 Å². The molecule has 74 valence electrons. The third kappa shape index (κ3) is 1.35. The van der Waals surface area contributed by atoms with Crippen molar-refractivity contribution in [1.82, 2.24) is 0 Å². The number of rotatable bonds is 2. The van der Waals surface area contributed by atoms with E-state index in [-0.39, 0.29) is 0 Å². The molecule has 0 saturated heterocycles. The molecule has 4 heteroatoms. The summed E-state index contributed by atoms with van der Waals surface area (Å²) in [5, 5.41) is 12.6. The molecule has 0 aliphatic rings. The minimum atomic E-state index is 0.325. The van der Waals surface area contributed by atoms with Gasteiger partial charge in [0, 0.05) is 5.39 Å². The topological polar surface area (TPSA) is 29.5 Å². The number of methoxy groups -OCH3 is 1. The van der Waals surface area contributed by atoms with Crippen LogP contribution in [0.25, 0.3) is 10.1 Å². The molecule has 1 aromatic heterocycles. The van der Waals surface area contributed by atoms with Crippen molar-refractivity contribution >= 4 is 33.2 Å². The van der Waals surface area contributed by atoms with Crippen LogP contribution in [0.1, 0.15) is 0 Å². The summed E-state index contributed by atoms with van der Waals surface area (Å²) in [6.07, 6.45) is 1.97. The zero-order valence-corrected chi connectivity index (χ0v) is 9.54. The molecule has 1 aromatic carbocycles. The molecular formula is C10H10O2S2. The molecule has 0 radical (unpaired) electrons. The van der Waals surface area contributed by atoms with Gasteiger partial charge < -0.3 is 9.84 Å². The number of ether oxygens (including phenoxy) is 1. The molecule has 0 saturated carbocycles. The summed E-state index contributed by atoms with van der Waals surface area (Å²) >= 11 is 3.16. The molecule has 0 aliphatic heterocycles. The highest BCUT2D eigenvalue weighted by atomic mass is 32.2. The number of benzene rings is 1. The third-order valence-electron chi connectivity index (χ3n) is 2.06. The molecule has 0 atom stereocenters. The predicted octanol–water partition coefficient (Wildman–Crippen LogP) is 3.34. The minimum Gasteiger partial charge on any atom is -0.507 e. The first kappa shape index (κ1) is 9.68. The van der Waals surface area contributed by atoms with Gasteiger partial charge >= 0.3 is 0 Å². The van der Waals surface area contributed by atoms with Crippen molar-refractivity contribution in [1.29, 1.82) is 0 Å². The Bertz CT molecular complexity index is 462. The molecule has 0 unspecified atom stereocenters. The maximum atomic E-state index is 9.73. The first-order valence-electron chi connectivity index (χ1n) is 4.09. The highest BCUT2D eigenvalue weighted by molar-refractivity contribution is 7.98. The fraction of sp³-hybridized carbons (Fsp3) is 0.200. The maximum Gasteiger partial charge on any atom is 0.150 e. The van der Waals surface area contributed by atoms with Crippen molar-refractivity contribution in [3.63, 3.8) is 0 Å². The van der Waals surface area contributed by atoms with Crippen LogP contribution in [0, 0.1) is 0 Å². The van der Waals surface area contributed by atoms with Gasteiger partial charge in [-0.3, -0.25) is 0 Å². The standard InChI is InChI=1S/C10H10O2S2/c1-12-9-8(13-2)5-7(11)6-3-4-14-10(6)9/h3-5,11H,1-2H3. The van der Waals surface area contributed by atoms with E-state index in [0.717, 1.165) is 20.7 Å². The van der Waals surface area contributed by atoms with Gasteiger partial charge in [0.25, 0.3) is 0 Å². The molecule has 2 aromatic rings. The van der Waals surface area contributed by atoms with Crippen LogP contribution < -0.4 is 4.74 Å². The predicted molar refractivity (Wildman–Crippen MR) is 61.8 cm³/mol.